The van der Waals surface area contributed by atoms with Crippen LogP contribution in [0.25, 0.3) is 0 Å². The summed E-state index contributed by atoms with van der Waals surface area (Å²) in [5.41, 5.74) is -4.47. The number of hydrogen-bond donors (Lipinski definition) is 2. The van der Waals surface area contributed by atoms with Crippen molar-refractivity contribution in [1.82, 2.24) is 15.3 Å². The summed E-state index contributed by atoms with van der Waals surface area (Å²) in [5.74, 6) is 0.314. The van der Waals surface area contributed by atoms with Gasteiger partial charge in [0.05, 0.1) is 16.7 Å². The molecule has 3 aromatic rings. The Hall–Kier alpha value is -4.16. The number of nitrogens with zero attached hydrogens (tertiary/aromatic N) is 3. The van der Waals surface area contributed by atoms with Crippen molar-refractivity contribution in [2.75, 3.05) is 24.3 Å². The smallest absolute Gasteiger partial charge is 0.367 e. The summed E-state index contributed by atoms with van der Waals surface area (Å²) in [5, 5.41) is 6.26. The highest BCUT2D eigenvalue weighted by atomic mass is 19.4. The van der Waals surface area contributed by atoms with E-state index in [1.807, 2.05) is 25.1 Å². The summed E-state index contributed by atoms with van der Waals surface area (Å²) in [6, 6.07) is 7.74. The van der Waals surface area contributed by atoms with Crippen LogP contribution >= 0.6 is 0 Å². The maximum atomic E-state index is 13.3. The Morgan fingerprint density at radius 1 is 0.810 bits per heavy atom. The predicted octanol–water partition coefficient (Wildman–Crippen LogP) is 6.27. The SMILES string of the molecule is Cc1nc(NC2CCC(NC(=O)c3ccccc3C(=O)c3cc(C(F)(F)F)cc(C(F)(F)F)c3)CC2)cc(N(C)C)n1. The zero-order valence-electron chi connectivity index (χ0n) is 23.0. The molecular weight excluding hydrogens is 564 g/mol. The third kappa shape index (κ3) is 7.37. The van der Waals surface area contributed by atoms with Gasteiger partial charge in [-0.05, 0) is 56.9 Å². The number of hydrogen-bond acceptors (Lipinski definition) is 6. The molecule has 42 heavy (non-hydrogen) atoms. The fourth-order valence-corrected chi connectivity index (χ4v) is 4.83. The molecule has 7 nitrogen and oxygen atoms in total. The molecule has 2 aromatic carbocycles. The molecule has 0 atom stereocenters. The zero-order valence-corrected chi connectivity index (χ0v) is 23.0. The highest BCUT2D eigenvalue weighted by molar-refractivity contribution is 6.15. The second-order valence-corrected chi connectivity index (χ2v) is 10.4. The summed E-state index contributed by atoms with van der Waals surface area (Å²) in [6.07, 6.45) is -7.60. The van der Waals surface area contributed by atoms with E-state index in [-0.39, 0.29) is 29.3 Å². The van der Waals surface area contributed by atoms with Crippen LogP contribution in [0.2, 0.25) is 0 Å². The van der Waals surface area contributed by atoms with Gasteiger partial charge in [-0.3, -0.25) is 9.59 Å². The molecule has 1 aliphatic carbocycles. The van der Waals surface area contributed by atoms with E-state index in [2.05, 4.69) is 20.6 Å². The Bertz CT molecular complexity index is 1430. The van der Waals surface area contributed by atoms with Crippen LogP contribution in [0.5, 0.6) is 0 Å². The molecule has 0 saturated heterocycles. The summed E-state index contributed by atoms with van der Waals surface area (Å²) in [6.45, 7) is 1.80. The highest BCUT2D eigenvalue weighted by Gasteiger charge is 2.38. The van der Waals surface area contributed by atoms with Crippen molar-refractivity contribution in [3.8, 4) is 0 Å². The lowest BCUT2D eigenvalue weighted by molar-refractivity contribution is -0.143. The largest absolute Gasteiger partial charge is 0.416 e. The molecule has 2 N–H and O–H groups in total. The normalized spacial score (nSPS) is 17.5. The first-order valence-corrected chi connectivity index (χ1v) is 13.2. The Labute approximate surface area is 238 Å². The van der Waals surface area contributed by atoms with Gasteiger partial charge in [0.2, 0.25) is 0 Å². The number of amides is 1. The Kier molecular flexibility index (Phi) is 8.79. The van der Waals surface area contributed by atoms with Crippen LogP contribution in [0.1, 0.15) is 68.9 Å². The Morgan fingerprint density at radius 3 is 1.90 bits per heavy atom. The molecule has 1 fully saturated rings. The maximum absolute atomic E-state index is 13.3. The minimum atomic E-state index is -5.11. The number of anilines is 2. The zero-order chi connectivity index (χ0) is 30.8. The van der Waals surface area contributed by atoms with Crippen LogP contribution in [0.3, 0.4) is 0 Å². The molecule has 0 unspecified atom stereocenters. The van der Waals surface area contributed by atoms with Gasteiger partial charge in [0.1, 0.15) is 17.5 Å². The van der Waals surface area contributed by atoms with Gasteiger partial charge in [0.15, 0.2) is 5.78 Å². The lowest BCUT2D eigenvalue weighted by Crippen LogP contribution is -2.40. The number of nitrogens with one attached hydrogen (secondary N) is 2. The van der Waals surface area contributed by atoms with E-state index >= 15 is 0 Å². The van der Waals surface area contributed by atoms with Crippen molar-refractivity contribution < 1.29 is 35.9 Å². The molecule has 0 radical (unpaired) electrons. The molecule has 224 valence electrons. The van der Waals surface area contributed by atoms with Gasteiger partial charge in [0.25, 0.3) is 5.91 Å². The van der Waals surface area contributed by atoms with Crippen molar-refractivity contribution in [3.05, 3.63) is 82.2 Å². The van der Waals surface area contributed by atoms with Crippen LogP contribution in [0.4, 0.5) is 38.0 Å². The van der Waals surface area contributed by atoms with Crippen LogP contribution in [0.15, 0.2) is 48.5 Å². The molecule has 13 heteroatoms. The van der Waals surface area contributed by atoms with Crippen LogP contribution in [-0.4, -0.2) is 47.8 Å². The number of aryl methyl sites for hydroxylation is 1. The third-order valence-corrected chi connectivity index (χ3v) is 6.96. The molecule has 1 aliphatic rings. The summed E-state index contributed by atoms with van der Waals surface area (Å²) in [7, 11) is 3.76. The fourth-order valence-electron chi connectivity index (χ4n) is 4.83. The van der Waals surface area contributed by atoms with E-state index in [0.717, 1.165) is 5.82 Å². The van der Waals surface area contributed by atoms with Crippen molar-refractivity contribution in [1.29, 1.82) is 0 Å². The minimum Gasteiger partial charge on any atom is -0.367 e. The average Bonchev–Trinajstić information content (AvgIpc) is 2.92. The average molecular weight is 594 g/mol. The number of ketones is 1. The van der Waals surface area contributed by atoms with Crippen molar-refractivity contribution in [3.63, 3.8) is 0 Å². The van der Waals surface area contributed by atoms with Crippen molar-refractivity contribution in [2.45, 2.75) is 57.0 Å². The van der Waals surface area contributed by atoms with E-state index < -0.39 is 40.7 Å². The molecule has 0 spiro atoms. The minimum absolute atomic E-state index is 0.0480. The quantitative estimate of drug-likeness (QED) is 0.248. The van der Waals surface area contributed by atoms with Gasteiger partial charge in [-0.2, -0.15) is 26.3 Å². The van der Waals surface area contributed by atoms with E-state index in [1.54, 1.807) is 6.92 Å². The van der Waals surface area contributed by atoms with Crippen molar-refractivity contribution >= 4 is 23.3 Å². The first-order chi connectivity index (χ1) is 19.6. The lowest BCUT2D eigenvalue weighted by Gasteiger charge is -2.30. The maximum Gasteiger partial charge on any atom is 0.416 e. The van der Waals surface area contributed by atoms with Crippen LogP contribution < -0.4 is 15.5 Å². The van der Waals surface area contributed by atoms with Gasteiger partial charge in [-0.1, -0.05) is 18.2 Å². The molecule has 4 rings (SSSR count). The van der Waals surface area contributed by atoms with E-state index in [0.29, 0.717) is 49.5 Å². The number of carbonyl (C=O) groups is 2. The van der Waals surface area contributed by atoms with Crippen molar-refractivity contribution in [2.24, 2.45) is 0 Å². The molecular formula is C29H29F6N5O2. The molecule has 1 amide bonds. The first kappa shape index (κ1) is 30.8. The number of carbonyl (C=O) groups excluding carboxylic acids is 2. The number of benzene rings is 2. The standard InChI is InChI=1S/C29H29F6N5O2/c1-16-36-24(15-25(37-16)40(2)3)38-20-8-10-21(11-9-20)39-27(42)23-7-5-4-6-22(23)26(41)17-12-18(28(30,31)32)14-19(13-17)29(33,34)35/h4-7,12-15,20-21H,8-11H2,1-3H3,(H,39,42)(H,36,37,38). The second kappa shape index (κ2) is 12.0. The van der Waals surface area contributed by atoms with Gasteiger partial charge in [0, 0.05) is 43.4 Å². The monoisotopic (exact) mass is 593 g/mol. The first-order valence-electron chi connectivity index (χ1n) is 13.2. The van der Waals surface area contributed by atoms with E-state index in [9.17, 15) is 35.9 Å². The fraction of sp³-hybridized carbons (Fsp3) is 0.379. The number of halogens is 6. The van der Waals surface area contributed by atoms with E-state index in [4.69, 9.17) is 0 Å². The molecule has 1 saturated carbocycles. The molecule has 1 aromatic heterocycles. The predicted molar refractivity (Wildman–Crippen MR) is 145 cm³/mol. The molecule has 0 bridgehead atoms. The van der Waals surface area contributed by atoms with Crippen LogP contribution in [-0.2, 0) is 12.4 Å². The molecule has 1 heterocycles. The van der Waals surface area contributed by atoms with Gasteiger partial charge >= 0.3 is 12.4 Å². The van der Waals surface area contributed by atoms with Crippen LogP contribution in [0, 0.1) is 6.92 Å². The summed E-state index contributed by atoms with van der Waals surface area (Å²) < 4.78 is 80.0. The second-order valence-electron chi connectivity index (χ2n) is 10.4. The number of alkyl halides is 6. The Balaban J connectivity index is 1.47. The topological polar surface area (TPSA) is 87.2 Å². The van der Waals surface area contributed by atoms with Gasteiger partial charge in [-0.25, -0.2) is 9.97 Å². The number of aromatic nitrogens is 2. The van der Waals surface area contributed by atoms with E-state index in [1.165, 1.54) is 24.3 Å². The summed E-state index contributed by atoms with van der Waals surface area (Å²) >= 11 is 0. The van der Waals surface area contributed by atoms with Gasteiger partial charge < -0.3 is 15.5 Å². The lowest BCUT2D eigenvalue weighted by atomic mass is 9.90. The summed E-state index contributed by atoms with van der Waals surface area (Å²) in [4.78, 5) is 37.0. The van der Waals surface area contributed by atoms with Gasteiger partial charge in [-0.15, -0.1) is 0 Å². The third-order valence-electron chi connectivity index (χ3n) is 6.96. The molecule has 0 aliphatic heterocycles. The Morgan fingerprint density at radius 2 is 1.36 bits per heavy atom. The highest BCUT2D eigenvalue weighted by Crippen LogP contribution is 2.37. The number of rotatable bonds is 7.